The SMILES string of the molecule is CS(=O)(=O)NC(Cc1c[nH]c2ccccc12)C(=O)NCc1ccc(C(=O)Nc2ccccc2N)cc1. The van der Waals surface area contributed by atoms with Gasteiger partial charge in [0.25, 0.3) is 5.91 Å². The van der Waals surface area contributed by atoms with Crippen molar-refractivity contribution in [3.05, 3.63) is 95.7 Å². The minimum absolute atomic E-state index is 0.169. The Balaban J connectivity index is 1.40. The Kier molecular flexibility index (Phi) is 7.37. The molecule has 4 rings (SSSR count). The van der Waals surface area contributed by atoms with Crippen LogP contribution in [-0.2, 0) is 27.8 Å². The Labute approximate surface area is 209 Å². The molecule has 10 heteroatoms. The Bertz CT molecular complexity index is 1500. The van der Waals surface area contributed by atoms with E-state index in [0.29, 0.717) is 16.9 Å². The number of para-hydroxylation sites is 3. The number of hydrogen-bond donors (Lipinski definition) is 5. The van der Waals surface area contributed by atoms with Crippen molar-refractivity contribution in [2.24, 2.45) is 0 Å². The van der Waals surface area contributed by atoms with Crippen LogP contribution in [0.3, 0.4) is 0 Å². The largest absolute Gasteiger partial charge is 0.397 e. The molecule has 36 heavy (non-hydrogen) atoms. The first-order valence-electron chi connectivity index (χ1n) is 11.2. The average molecular weight is 506 g/mol. The van der Waals surface area contributed by atoms with Gasteiger partial charge in [0.1, 0.15) is 6.04 Å². The van der Waals surface area contributed by atoms with Crippen LogP contribution in [0, 0.1) is 0 Å². The molecule has 186 valence electrons. The summed E-state index contributed by atoms with van der Waals surface area (Å²) in [5, 5.41) is 6.48. The van der Waals surface area contributed by atoms with E-state index >= 15 is 0 Å². The van der Waals surface area contributed by atoms with E-state index in [9.17, 15) is 18.0 Å². The fourth-order valence-corrected chi connectivity index (χ4v) is 4.57. The minimum Gasteiger partial charge on any atom is -0.397 e. The summed E-state index contributed by atoms with van der Waals surface area (Å²) >= 11 is 0. The van der Waals surface area contributed by atoms with Crippen molar-refractivity contribution >= 4 is 44.1 Å². The van der Waals surface area contributed by atoms with Gasteiger partial charge in [-0.2, -0.15) is 0 Å². The number of rotatable bonds is 9. The molecule has 0 aliphatic carbocycles. The molecular weight excluding hydrogens is 478 g/mol. The number of amides is 2. The molecule has 9 nitrogen and oxygen atoms in total. The second-order valence-corrected chi connectivity index (χ2v) is 10.2. The van der Waals surface area contributed by atoms with Crippen molar-refractivity contribution in [2.75, 3.05) is 17.3 Å². The molecule has 4 aromatic rings. The predicted octanol–water partition coefficient (Wildman–Crippen LogP) is 2.78. The molecule has 0 saturated heterocycles. The van der Waals surface area contributed by atoms with Crippen LogP contribution in [0.2, 0.25) is 0 Å². The van der Waals surface area contributed by atoms with Gasteiger partial charge in [0.2, 0.25) is 15.9 Å². The molecule has 6 N–H and O–H groups in total. The number of carbonyl (C=O) groups excluding carboxylic acids is 2. The van der Waals surface area contributed by atoms with Crippen LogP contribution in [0.4, 0.5) is 11.4 Å². The van der Waals surface area contributed by atoms with E-state index in [2.05, 4.69) is 20.3 Å². The third kappa shape index (κ3) is 6.29. The summed E-state index contributed by atoms with van der Waals surface area (Å²) in [6.07, 6.45) is 2.99. The van der Waals surface area contributed by atoms with Gasteiger partial charge in [-0.1, -0.05) is 42.5 Å². The highest BCUT2D eigenvalue weighted by Crippen LogP contribution is 2.20. The van der Waals surface area contributed by atoms with Crippen molar-refractivity contribution in [1.29, 1.82) is 0 Å². The molecule has 3 aromatic carbocycles. The van der Waals surface area contributed by atoms with Gasteiger partial charge >= 0.3 is 0 Å². The Morgan fingerprint density at radius 3 is 2.39 bits per heavy atom. The molecule has 0 radical (unpaired) electrons. The van der Waals surface area contributed by atoms with Gasteiger partial charge in [0.05, 0.1) is 17.6 Å². The van der Waals surface area contributed by atoms with Crippen molar-refractivity contribution in [2.45, 2.75) is 19.0 Å². The standard InChI is InChI=1S/C26H27N5O4S/c1-36(34,35)31-24(14-19-16-28-22-8-4-2-6-20(19)22)26(33)29-15-17-10-12-18(13-11-17)25(32)30-23-9-5-3-7-21(23)27/h2-13,16,24,28,31H,14-15,27H2,1H3,(H,29,33)(H,30,32). The van der Waals surface area contributed by atoms with Gasteiger partial charge in [-0.3, -0.25) is 9.59 Å². The number of fused-ring (bicyclic) bond motifs is 1. The zero-order chi connectivity index (χ0) is 25.7. The number of anilines is 2. The van der Waals surface area contributed by atoms with E-state index < -0.39 is 22.0 Å². The zero-order valence-electron chi connectivity index (χ0n) is 19.6. The highest BCUT2D eigenvalue weighted by molar-refractivity contribution is 7.88. The third-order valence-corrected chi connectivity index (χ3v) is 6.38. The van der Waals surface area contributed by atoms with E-state index in [1.54, 1.807) is 54.7 Å². The molecule has 0 aliphatic rings. The van der Waals surface area contributed by atoms with Crippen LogP contribution in [0.1, 0.15) is 21.5 Å². The van der Waals surface area contributed by atoms with Crippen LogP contribution in [0.25, 0.3) is 10.9 Å². The molecule has 1 heterocycles. The Morgan fingerprint density at radius 2 is 1.67 bits per heavy atom. The van der Waals surface area contributed by atoms with Crippen molar-refractivity contribution < 1.29 is 18.0 Å². The molecule has 1 atom stereocenters. The summed E-state index contributed by atoms with van der Waals surface area (Å²) in [5.74, 6) is -0.758. The molecule has 0 fully saturated rings. The van der Waals surface area contributed by atoms with Crippen LogP contribution in [0.15, 0.2) is 79.0 Å². The minimum atomic E-state index is -3.63. The highest BCUT2D eigenvalue weighted by atomic mass is 32.2. The molecule has 0 bridgehead atoms. The maximum Gasteiger partial charge on any atom is 0.255 e. The summed E-state index contributed by atoms with van der Waals surface area (Å²) in [6.45, 7) is 0.169. The molecule has 0 saturated carbocycles. The van der Waals surface area contributed by atoms with E-state index in [0.717, 1.165) is 28.3 Å². The van der Waals surface area contributed by atoms with E-state index in [1.807, 2.05) is 24.3 Å². The number of carbonyl (C=O) groups is 2. The lowest BCUT2D eigenvalue weighted by atomic mass is 10.0. The monoisotopic (exact) mass is 505 g/mol. The summed E-state index contributed by atoms with van der Waals surface area (Å²) in [5.41, 5.74) is 9.79. The lowest BCUT2D eigenvalue weighted by molar-refractivity contribution is -0.122. The van der Waals surface area contributed by atoms with Crippen LogP contribution >= 0.6 is 0 Å². The topological polar surface area (TPSA) is 146 Å². The molecule has 0 aliphatic heterocycles. The number of nitrogens with one attached hydrogen (secondary N) is 4. The molecular formula is C26H27N5O4S. The normalized spacial score (nSPS) is 12.2. The van der Waals surface area contributed by atoms with Crippen LogP contribution in [-0.4, -0.2) is 37.5 Å². The van der Waals surface area contributed by atoms with Crippen molar-refractivity contribution in [3.8, 4) is 0 Å². The number of aromatic amines is 1. The molecule has 1 aromatic heterocycles. The van der Waals surface area contributed by atoms with Gasteiger partial charge < -0.3 is 21.4 Å². The number of sulfonamides is 1. The van der Waals surface area contributed by atoms with E-state index in [4.69, 9.17) is 5.73 Å². The first-order valence-corrected chi connectivity index (χ1v) is 13.1. The summed E-state index contributed by atoms with van der Waals surface area (Å²) < 4.78 is 26.3. The highest BCUT2D eigenvalue weighted by Gasteiger charge is 2.23. The predicted molar refractivity (Wildman–Crippen MR) is 141 cm³/mol. The third-order valence-electron chi connectivity index (χ3n) is 5.66. The van der Waals surface area contributed by atoms with Crippen molar-refractivity contribution in [1.82, 2.24) is 15.0 Å². The van der Waals surface area contributed by atoms with Crippen molar-refractivity contribution in [3.63, 3.8) is 0 Å². The molecule has 2 amide bonds. The van der Waals surface area contributed by atoms with Gasteiger partial charge in [-0.15, -0.1) is 0 Å². The number of nitrogens with two attached hydrogens (primary N) is 1. The number of hydrogen-bond acceptors (Lipinski definition) is 5. The van der Waals surface area contributed by atoms with Gasteiger partial charge in [0, 0.05) is 29.2 Å². The zero-order valence-corrected chi connectivity index (χ0v) is 20.4. The van der Waals surface area contributed by atoms with E-state index in [-0.39, 0.29) is 18.9 Å². The fraction of sp³-hybridized carbons (Fsp3) is 0.154. The lowest BCUT2D eigenvalue weighted by Crippen LogP contribution is -2.47. The van der Waals surface area contributed by atoms with E-state index in [1.165, 1.54) is 0 Å². The quantitative estimate of drug-likeness (QED) is 0.222. The molecule has 0 spiro atoms. The average Bonchev–Trinajstić information content (AvgIpc) is 3.26. The van der Waals surface area contributed by atoms with Crippen LogP contribution in [0.5, 0.6) is 0 Å². The number of benzene rings is 3. The summed E-state index contributed by atoms with van der Waals surface area (Å²) in [4.78, 5) is 28.6. The van der Waals surface area contributed by atoms with Gasteiger partial charge in [0.15, 0.2) is 0 Å². The summed E-state index contributed by atoms with van der Waals surface area (Å²) in [6, 6.07) is 20.3. The number of nitrogen functional groups attached to an aromatic ring is 1. The lowest BCUT2D eigenvalue weighted by Gasteiger charge is -2.17. The van der Waals surface area contributed by atoms with Crippen LogP contribution < -0.4 is 21.1 Å². The number of H-pyrrole nitrogens is 1. The van der Waals surface area contributed by atoms with Gasteiger partial charge in [-0.25, -0.2) is 13.1 Å². The summed E-state index contributed by atoms with van der Waals surface area (Å²) in [7, 11) is -3.63. The maximum atomic E-state index is 12.9. The first kappa shape index (κ1) is 25.0. The molecule has 1 unspecified atom stereocenters. The van der Waals surface area contributed by atoms with Gasteiger partial charge in [-0.05, 0) is 47.9 Å². The number of aromatic nitrogens is 1. The first-order chi connectivity index (χ1) is 17.2. The Morgan fingerprint density at radius 1 is 0.972 bits per heavy atom. The maximum absolute atomic E-state index is 12.9. The second kappa shape index (κ2) is 10.6. The fourth-order valence-electron chi connectivity index (χ4n) is 3.86. The second-order valence-electron chi connectivity index (χ2n) is 8.46. The Hall–Kier alpha value is -4.15. The smallest absolute Gasteiger partial charge is 0.255 e.